The minimum absolute atomic E-state index is 0.147. The van der Waals surface area contributed by atoms with Gasteiger partial charge in [0.05, 0.1) is 0 Å². The number of hydrogen-bond acceptors (Lipinski definition) is 0. The Balaban J connectivity index is 4.68. The van der Waals surface area contributed by atoms with E-state index in [1.807, 2.05) is 6.92 Å². The quantitative estimate of drug-likeness (QED) is 0.350. The van der Waals surface area contributed by atoms with Crippen molar-refractivity contribution in [2.45, 2.75) is 70.8 Å². The van der Waals surface area contributed by atoms with Crippen LogP contribution in [0.25, 0.3) is 4.85 Å². The minimum atomic E-state index is -1.03. The van der Waals surface area contributed by atoms with Crippen molar-refractivity contribution in [3.63, 3.8) is 0 Å². The van der Waals surface area contributed by atoms with Crippen molar-refractivity contribution in [2.24, 2.45) is 0 Å². The van der Waals surface area contributed by atoms with Crippen molar-refractivity contribution in [1.29, 1.82) is 0 Å². The number of hydrogen-bond donors (Lipinski definition) is 0. The Kier molecular flexibility index (Phi) is 6.43. The summed E-state index contributed by atoms with van der Waals surface area (Å²) < 4.78 is 0. The maximum atomic E-state index is 7.03. The molecular formula is C14H29NSi2. The number of nitrogens with zero attached hydrogens (tertiary/aromatic N) is 1. The third kappa shape index (κ3) is 10.5. The largest absolute Gasteiger partial charge is 0.314 e. The highest BCUT2D eigenvalue weighted by molar-refractivity contribution is 6.78. The second-order valence-electron chi connectivity index (χ2n) is 7.55. The monoisotopic (exact) mass is 267 g/mol. The second-order valence-corrected chi connectivity index (χ2v) is 18.5. The summed E-state index contributed by atoms with van der Waals surface area (Å²) in [6, 6.07) is 2.76. The van der Waals surface area contributed by atoms with Crippen LogP contribution in [-0.2, 0) is 0 Å². The van der Waals surface area contributed by atoms with Gasteiger partial charge in [0, 0.05) is 29.5 Å². The molecule has 1 unspecified atom stereocenters. The maximum absolute atomic E-state index is 7.03. The van der Waals surface area contributed by atoms with Crippen molar-refractivity contribution in [3.8, 4) is 0 Å². The van der Waals surface area contributed by atoms with Gasteiger partial charge in [-0.3, -0.25) is 0 Å². The molecule has 3 heteroatoms. The van der Waals surface area contributed by atoms with E-state index in [1.54, 1.807) is 5.57 Å². The summed E-state index contributed by atoms with van der Waals surface area (Å²) in [4.78, 5) is 3.58. The zero-order valence-electron chi connectivity index (χ0n) is 12.7. The van der Waals surface area contributed by atoms with E-state index in [0.29, 0.717) is 0 Å². The Morgan fingerprint density at radius 3 is 1.76 bits per heavy atom. The normalized spacial score (nSPS) is 14.0. The Hall–Kier alpha value is -0.336. The fourth-order valence-electron chi connectivity index (χ4n) is 1.96. The van der Waals surface area contributed by atoms with Crippen LogP contribution >= 0.6 is 0 Å². The van der Waals surface area contributed by atoms with E-state index >= 15 is 0 Å². The number of rotatable bonds is 6. The SMILES string of the molecule is [C-]#[N+]C(C)CC=C(C[Si](C)(C)C)C[Si](C)(C)C. The summed E-state index contributed by atoms with van der Waals surface area (Å²) in [7, 11) is -2.05. The van der Waals surface area contributed by atoms with Crippen LogP contribution in [0.2, 0.25) is 51.4 Å². The molecule has 0 aliphatic carbocycles. The van der Waals surface area contributed by atoms with Gasteiger partial charge in [0.1, 0.15) is 0 Å². The summed E-state index contributed by atoms with van der Waals surface area (Å²) in [5.74, 6) is 0. The van der Waals surface area contributed by atoms with Gasteiger partial charge in [0.25, 0.3) is 0 Å². The zero-order valence-corrected chi connectivity index (χ0v) is 14.7. The fraction of sp³-hybridized carbons (Fsp3) is 0.786. The van der Waals surface area contributed by atoms with Crippen LogP contribution in [0.15, 0.2) is 11.6 Å². The average molecular weight is 268 g/mol. The first-order chi connectivity index (χ1) is 7.53. The topological polar surface area (TPSA) is 4.36 Å². The van der Waals surface area contributed by atoms with Gasteiger partial charge in [-0.1, -0.05) is 50.9 Å². The molecule has 0 bridgehead atoms. The van der Waals surface area contributed by atoms with E-state index in [-0.39, 0.29) is 6.04 Å². The molecule has 0 heterocycles. The molecule has 0 radical (unpaired) electrons. The Labute approximate surface area is 110 Å². The average Bonchev–Trinajstić information content (AvgIpc) is 2.08. The first-order valence-electron chi connectivity index (χ1n) is 6.58. The minimum Gasteiger partial charge on any atom is -0.314 e. The summed E-state index contributed by atoms with van der Waals surface area (Å²) in [5, 5.41) is 0. The van der Waals surface area contributed by atoms with Gasteiger partial charge in [0.2, 0.25) is 6.04 Å². The molecule has 0 saturated carbocycles. The maximum Gasteiger partial charge on any atom is 0.224 e. The molecule has 0 aromatic carbocycles. The van der Waals surface area contributed by atoms with Crippen molar-refractivity contribution >= 4 is 16.1 Å². The van der Waals surface area contributed by atoms with Crippen LogP contribution in [0, 0.1) is 6.57 Å². The molecule has 17 heavy (non-hydrogen) atoms. The van der Waals surface area contributed by atoms with Gasteiger partial charge in [-0.15, -0.1) is 0 Å². The Morgan fingerprint density at radius 2 is 1.47 bits per heavy atom. The van der Waals surface area contributed by atoms with Crippen molar-refractivity contribution in [2.75, 3.05) is 0 Å². The van der Waals surface area contributed by atoms with E-state index in [2.05, 4.69) is 50.2 Å². The van der Waals surface area contributed by atoms with Gasteiger partial charge >= 0.3 is 0 Å². The van der Waals surface area contributed by atoms with Crippen LogP contribution in [0.5, 0.6) is 0 Å². The van der Waals surface area contributed by atoms with Crippen LogP contribution in [0.1, 0.15) is 13.3 Å². The highest BCUT2D eigenvalue weighted by atomic mass is 28.3. The molecule has 0 aromatic heterocycles. The first-order valence-corrected chi connectivity index (χ1v) is 14.0. The zero-order chi connectivity index (χ0) is 13.7. The van der Waals surface area contributed by atoms with Crippen LogP contribution < -0.4 is 0 Å². The lowest BCUT2D eigenvalue weighted by molar-refractivity contribution is 0.864. The lowest BCUT2D eigenvalue weighted by Gasteiger charge is -2.24. The molecule has 1 atom stereocenters. The summed E-state index contributed by atoms with van der Waals surface area (Å²) >= 11 is 0. The van der Waals surface area contributed by atoms with E-state index in [4.69, 9.17) is 6.57 Å². The molecule has 0 spiro atoms. The van der Waals surface area contributed by atoms with Crippen LogP contribution in [0.4, 0.5) is 0 Å². The van der Waals surface area contributed by atoms with Crippen molar-refractivity contribution < 1.29 is 0 Å². The number of allylic oxidation sites excluding steroid dienone is 1. The molecule has 0 rings (SSSR count). The van der Waals surface area contributed by atoms with Gasteiger partial charge in [-0.05, 0) is 12.1 Å². The van der Waals surface area contributed by atoms with Gasteiger partial charge in [-0.25, -0.2) is 6.57 Å². The highest BCUT2D eigenvalue weighted by Gasteiger charge is 2.21. The summed E-state index contributed by atoms with van der Waals surface area (Å²) in [6.07, 6.45) is 3.31. The van der Waals surface area contributed by atoms with Crippen molar-refractivity contribution in [3.05, 3.63) is 23.1 Å². The molecule has 0 aliphatic rings. The molecular weight excluding hydrogens is 238 g/mol. The van der Waals surface area contributed by atoms with E-state index < -0.39 is 16.1 Å². The van der Waals surface area contributed by atoms with Crippen LogP contribution in [-0.4, -0.2) is 22.2 Å². The third-order valence-electron chi connectivity index (χ3n) is 2.48. The molecule has 0 fully saturated rings. The molecule has 98 valence electrons. The molecule has 0 amide bonds. The smallest absolute Gasteiger partial charge is 0.224 e. The van der Waals surface area contributed by atoms with Gasteiger partial charge in [-0.2, -0.15) is 0 Å². The van der Waals surface area contributed by atoms with E-state index in [9.17, 15) is 0 Å². The fourth-order valence-corrected chi connectivity index (χ4v) is 5.47. The third-order valence-corrected chi connectivity index (χ3v) is 5.51. The molecule has 0 aromatic rings. The van der Waals surface area contributed by atoms with Gasteiger partial charge < -0.3 is 4.85 Å². The lowest BCUT2D eigenvalue weighted by Crippen LogP contribution is -2.25. The summed E-state index contributed by atoms with van der Waals surface area (Å²) in [5.41, 5.74) is 1.64. The lowest BCUT2D eigenvalue weighted by atomic mass is 10.2. The highest BCUT2D eigenvalue weighted by Crippen LogP contribution is 2.25. The molecule has 0 aliphatic heterocycles. The Bertz CT molecular complexity index is 282. The standard InChI is InChI=1S/C14H29NSi2/c1-13(15-2)9-10-14(11-16(3,4)5)12-17(6,7)8/h10,13H,9,11-12H2,1,3-8H3. The summed E-state index contributed by atoms with van der Waals surface area (Å²) in [6.45, 7) is 23.6. The first kappa shape index (κ1) is 16.7. The predicted octanol–water partition coefficient (Wildman–Crippen LogP) is 5.29. The molecule has 1 nitrogen and oxygen atoms in total. The van der Waals surface area contributed by atoms with Gasteiger partial charge in [0.15, 0.2) is 0 Å². The van der Waals surface area contributed by atoms with Crippen LogP contribution in [0.3, 0.4) is 0 Å². The second kappa shape index (κ2) is 6.56. The molecule has 0 N–H and O–H groups in total. The van der Waals surface area contributed by atoms with E-state index in [0.717, 1.165) is 6.42 Å². The predicted molar refractivity (Wildman–Crippen MR) is 85.1 cm³/mol. The Morgan fingerprint density at radius 1 is 1.06 bits per heavy atom. The van der Waals surface area contributed by atoms with E-state index in [1.165, 1.54) is 12.1 Å². The van der Waals surface area contributed by atoms with Crippen molar-refractivity contribution in [1.82, 2.24) is 0 Å². The molecule has 0 saturated heterocycles.